The number of aromatic nitrogens is 2. The van der Waals surface area contributed by atoms with E-state index in [0.717, 1.165) is 11.3 Å². The first-order chi connectivity index (χ1) is 10.7. The number of carbonyl (C=O) groups is 1. The zero-order valence-corrected chi connectivity index (χ0v) is 12.5. The molecule has 2 aromatic rings. The number of ether oxygens (including phenoxy) is 1. The third-order valence-corrected chi connectivity index (χ3v) is 2.87. The summed E-state index contributed by atoms with van der Waals surface area (Å²) < 4.78 is 5.11. The van der Waals surface area contributed by atoms with E-state index in [4.69, 9.17) is 4.74 Å². The average Bonchev–Trinajstić information content (AvgIpc) is 2.54. The molecule has 0 unspecified atom stereocenters. The second-order valence-electron chi connectivity index (χ2n) is 4.74. The van der Waals surface area contributed by atoms with Crippen molar-refractivity contribution in [1.82, 2.24) is 15.3 Å². The SMILES string of the molecule is Cc1ccnc(C=CCCNC(=O)OCc2ccccc2)n1. The second kappa shape index (κ2) is 8.56. The maximum Gasteiger partial charge on any atom is 0.407 e. The van der Waals surface area contributed by atoms with E-state index < -0.39 is 6.09 Å². The van der Waals surface area contributed by atoms with Crippen LogP contribution in [-0.2, 0) is 11.3 Å². The van der Waals surface area contributed by atoms with Gasteiger partial charge in [-0.2, -0.15) is 0 Å². The zero-order valence-electron chi connectivity index (χ0n) is 12.5. The Morgan fingerprint density at radius 2 is 2.09 bits per heavy atom. The van der Waals surface area contributed by atoms with Gasteiger partial charge in [-0.05, 0) is 31.1 Å². The summed E-state index contributed by atoms with van der Waals surface area (Å²) >= 11 is 0. The van der Waals surface area contributed by atoms with Crippen molar-refractivity contribution < 1.29 is 9.53 Å². The predicted molar refractivity (Wildman–Crippen MR) is 85.0 cm³/mol. The molecule has 5 nitrogen and oxygen atoms in total. The number of benzene rings is 1. The highest BCUT2D eigenvalue weighted by Crippen LogP contribution is 2.00. The van der Waals surface area contributed by atoms with Crippen LogP contribution >= 0.6 is 0 Å². The highest BCUT2D eigenvalue weighted by molar-refractivity contribution is 5.67. The van der Waals surface area contributed by atoms with Gasteiger partial charge >= 0.3 is 6.09 Å². The molecule has 1 aromatic carbocycles. The number of carbonyl (C=O) groups excluding carboxylic acids is 1. The summed E-state index contributed by atoms with van der Waals surface area (Å²) in [7, 11) is 0. The van der Waals surface area contributed by atoms with Gasteiger partial charge in [0, 0.05) is 18.4 Å². The van der Waals surface area contributed by atoms with Crippen LogP contribution in [0.5, 0.6) is 0 Å². The third kappa shape index (κ3) is 5.75. The van der Waals surface area contributed by atoms with Gasteiger partial charge in [0.25, 0.3) is 0 Å². The largest absolute Gasteiger partial charge is 0.445 e. The molecule has 1 heterocycles. The van der Waals surface area contributed by atoms with Gasteiger partial charge < -0.3 is 10.1 Å². The standard InChI is InChI=1S/C17H19N3O2/c1-14-10-12-18-16(20-14)9-5-6-11-19-17(21)22-13-15-7-3-2-4-8-15/h2-5,7-10,12H,6,11,13H2,1H3,(H,19,21). The summed E-state index contributed by atoms with van der Waals surface area (Å²) in [6, 6.07) is 11.4. The van der Waals surface area contributed by atoms with Gasteiger partial charge in [-0.1, -0.05) is 36.4 Å². The first-order valence-electron chi connectivity index (χ1n) is 7.15. The minimum Gasteiger partial charge on any atom is -0.445 e. The van der Waals surface area contributed by atoms with Crippen LogP contribution in [0.2, 0.25) is 0 Å². The van der Waals surface area contributed by atoms with Crippen molar-refractivity contribution in [3.63, 3.8) is 0 Å². The van der Waals surface area contributed by atoms with Crippen molar-refractivity contribution in [1.29, 1.82) is 0 Å². The number of amides is 1. The molecule has 5 heteroatoms. The van der Waals surface area contributed by atoms with Gasteiger partial charge in [-0.15, -0.1) is 0 Å². The number of aryl methyl sites for hydroxylation is 1. The highest BCUT2D eigenvalue weighted by Gasteiger charge is 2.00. The first kappa shape index (κ1) is 15.7. The molecule has 2 rings (SSSR count). The summed E-state index contributed by atoms with van der Waals surface area (Å²) in [6.07, 6.45) is 5.76. The lowest BCUT2D eigenvalue weighted by Gasteiger charge is -2.05. The van der Waals surface area contributed by atoms with E-state index >= 15 is 0 Å². The molecule has 0 radical (unpaired) electrons. The maximum atomic E-state index is 11.5. The van der Waals surface area contributed by atoms with E-state index in [1.54, 1.807) is 6.20 Å². The Kier molecular flexibility index (Phi) is 6.11. The average molecular weight is 297 g/mol. The van der Waals surface area contributed by atoms with Crippen LogP contribution in [0.15, 0.2) is 48.7 Å². The maximum absolute atomic E-state index is 11.5. The number of alkyl carbamates (subject to hydrolysis) is 1. The lowest BCUT2D eigenvalue weighted by molar-refractivity contribution is 0.140. The van der Waals surface area contributed by atoms with Crippen molar-refractivity contribution in [3.05, 3.63) is 65.8 Å². The van der Waals surface area contributed by atoms with Crippen LogP contribution in [0.4, 0.5) is 4.79 Å². The summed E-state index contributed by atoms with van der Waals surface area (Å²) in [4.78, 5) is 19.9. The van der Waals surface area contributed by atoms with Crippen molar-refractivity contribution in [2.75, 3.05) is 6.54 Å². The molecule has 22 heavy (non-hydrogen) atoms. The van der Waals surface area contributed by atoms with Gasteiger partial charge in [0.15, 0.2) is 5.82 Å². The van der Waals surface area contributed by atoms with E-state index in [0.29, 0.717) is 18.8 Å². The summed E-state index contributed by atoms with van der Waals surface area (Å²) in [5.41, 5.74) is 1.89. The Morgan fingerprint density at radius 1 is 1.27 bits per heavy atom. The van der Waals surface area contributed by atoms with Crippen LogP contribution in [0.3, 0.4) is 0 Å². The van der Waals surface area contributed by atoms with E-state index in [-0.39, 0.29) is 6.61 Å². The number of nitrogens with one attached hydrogen (secondary N) is 1. The zero-order chi connectivity index (χ0) is 15.6. The quantitative estimate of drug-likeness (QED) is 0.832. The number of rotatable bonds is 6. The topological polar surface area (TPSA) is 64.1 Å². The number of hydrogen-bond donors (Lipinski definition) is 1. The third-order valence-electron chi connectivity index (χ3n) is 2.87. The van der Waals surface area contributed by atoms with Crippen molar-refractivity contribution >= 4 is 12.2 Å². The van der Waals surface area contributed by atoms with Crippen molar-refractivity contribution in [2.24, 2.45) is 0 Å². The Labute approximate surface area is 130 Å². The minimum atomic E-state index is -0.413. The predicted octanol–water partition coefficient (Wildman–Crippen LogP) is 3.11. The molecule has 1 N–H and O–H groups in total. The fraction of sp³-hybridized carbons (Fsp3) is 0.235. The summed E-state index contributed by atoms with van der Waals surface area (Å²) in [5.74, 6) is 0.673. The molecule has 0 fully saturated rings. The Balaban J connectivity index is 1.63. The molecular formula is C17H19N3O2. The molecule has 0 aliphatic rings. The summed E-state index contributed by atoms with van der Waals surface area (Å²) in [5, 5.41) is 2.70. The van der Waals surface area contributed by atoms with Crippen LogP contribution < -0.4 is 5.32 Å². The van der Waals surface area contributed by atoms with Crippen molar-refractivity contribution in [2.45, 2.75) is 20.0 Å². The van der Waals surface area contributed by atoms with Gasteiger partial charge in [-0.3, -0.25) is 0 Å². The van der Waals surface area contributed by atoms with E-state index in [9.17, 15) is 4.79 Å². The van der Waals surface area contributed by atoms with E-state index in [1.807, 2.05) is 55.5 Å². The fourth-order valence-electron chi connectivity index (χ4n) is 1.77. The molecule has 1 aromatic heterocycles. The number of nitrogens with zero attached hydrogens (tertiary/aromatic N) is 2. The van der Waals surface area contributed by atoms with Crippen LogP contribution in [0.1, 0.15) is 23.5 Å². The van der Waals surface area contributed by atoms with Gasteiger partial charge in [0.1, 0.15) is 6.61 Å². The van der Waals surface area contributed by atoms with E-state index in [1.165, 1.54) is 0 Å². The second-order valence-corrected chi connectivity index (χ2v) is 4.74. The van der Waals surface area contributed by atoms with Gasteiger partial charge in [0.2, 0.25) is 0 Å². The van der Waals surface area contributed by atoms with Crippen LogP contribution in [-0.4, -0.2) is 22.6 Å². The molecule has 1 amide bonds. The smallest absolute Gasteiger partial charge is 0.407 e. The summed E-state index contributed by atoms with van der Waals surface area (Å²) in [6.45, 7) is 2.71. The van der Waals surface area contributed by atoms with Crippen LogP contribution in [0, 0.1) is 6.92 Å². The Bertz CT molecular complexity index is 627. The monoisotopic (exact) mass is 297 g/mol. The molecule has 0 saturated heterocycles. The molecule has 114 valence electrons. The highest BCUT2D eigenvalue weighted by atomic mass is 16.5. The molecular weight excluding hydrogens is 278 g/mol. The van der Waals surface area contributed by atoms with Gasteiger partial charge in [0.05, 0.1) is 0 Å². The van der Waals surface area contributed by atoms with E-state index in [2.05, 4.69) is 15.3 Å². The first-order valence-corrected chi connectivity index (χ1v) is 7.15. The fourth-order valence-corrected chi connectivity index (χ4v) is 1.77. The molecule has 0 atom stereocenters. The lowest BCUT2D eigenvalue weighted by atomic mass is 10.2. The normalized spacial score (nSPS) is 10.6. The molecule has 0 aliphatic heterocycles. The minimum absolute atomic E-state index is 0.277. The molecule has 0 aliphatic carbocycles. The molecule has 0 spiro atoms. The lowest BCUT2D eigenvalue weighted by Crippen LogP contribution is -2.24. The van der Waals surface area contributed by atoms with Crippen molar-refractivity contribution in [3.8, 4) is 0 Å². The van der Waals surface area contributed by atoms with Gasteiger partial charge in [-0.25, -0.2) is 14.8 Å². The molecule has 0 bridgehead atoms. The Hall–Kier alpha value is -2.69. The number of hydrogen-bond acceptors (Lipinski definition) is 4. The Morgan fingerprint density at radius 3 is 2.86 bits per heavy atom. The molecule has 0 saturated carbocycles. The van der Waals surface area contributed by atoms with Crippen LogP contribution in [0.25, 0.3) is 6.08 Å².